The fourth-order valence-electron chi connectivity index (χ4n) is 2.22. The molecular weight excluding hydrogens is 274 g/mol. The van der Waals surface area contributed by atoms with Crippen molar-refractivity contribution in [1.82, 2.24) is 5.32 Å². The predicted octanol–water partition coefficient (Wildman–Crippen LogP) is 2.30. The molecule has 1 unspecified atom stereocenters. The molecule has 5 heteroatoms. The Morgan fingerprint density at radius 1 is 1.50 bits per heavy atom. The number of thiophene rings is 1. The molecule has 1 N–H and O–H groups in total. The zero-order chi connectivity index (χ0) is 14.2. The molecule has 1 amide bonds. The summed E-state index contributed by atoms with van der Waals surface area (Å²) in [4.78, 5) is 14.2. The highest BCUT2D eigenvalue weighted by Gasteiger charge is 2.14. The normalized spacial score (nSPS) is 18.9. The number of nitrogens with one attached hydrogen (secondary N) is 1. The summed E-state index contributed by atoms with van der Waals surface area (Å²) in [6.07, 6.45) is 4.43. The number of rotatable bonds is 7. The van der Waals surface area contributed by atoms with Crippen molar-refractivity contribution in [2.24, 2.45) is 0 Å². The van der Waals surface area contributed by atoms with Gasteiger partial charge in [0.05, 0.1) is 12.7 Å². The third-order valence-electron chi connectivity index (χ3n) is 3.30. The molecule has 0 saturated carbocycles. The van der Waals surface area contributed by atoms with E-state index in [2.05, 4.69) is 24.4 Å². The second-order valence-corrected chi connectivity index (χ2v) is 6.49. The van der Waals surface area contributed by atoms with Crippen LogP contribution in [0.2, 0.25) is 0 Å². The highest BCUT2D eigenvalue weighted by atomic mass is 32.1. The smallest absolute Gasteiger partial charge is 0.246 e. The first-order valence-corrected chi connectivity index (χ1v) is 8.07. The average molecular weight is 297 g/mol. The lowest BCUT2D eigenvalue weighted by Gasteiger charge is -2.22. The van der Waals surface area contributed by atoms with E-state index in [1.807, 2.05) is 0 Å². The monoisotopic (exact) mass is 297 g/mol. The molecule has 1 aliphatic rings. The summed E-state index contributed by atoms with van der Waals surface area (Å²) < 4.78 is 11.0. The molecule has 1 saturated heterocycles. The zero-order valence-corrected chi connectivity index (χ0v) is 12.8. The number of carbonyl (C=O) groups is 1. The van der Waals surface area contributed by atoms with Gasteiger partial charge in [0.2, 0.25) is 5.91 Å². The van der Waals surface area contributed by atoms with Gasteiger partial charge in [-0.05, 0) is 44.7 Å². The topological polar surface area (TPSA) is 47.6 Å². The van der Waals surface area contributed by atoms with Gasteiger partial charge in [0.1, 0.15) is 6.61 Å². The second-order valence-electron chi connectivity index (χ2n) is 5.12. The first kappa shape index (κ1) is 15.5. The SMILES string of the molecule is Cc1ccc(CCNC(=O)COCC2CCCCO2)s1. The van der Waals surface area contributed by atoms with Gasteiger partial charge in [-0.1, -0.05) is 0 Å². The molecule has 1 aromatic rings. The van der Waals surface area contributed by atoms with Crippen molar-refractivity contribution in [1.29, 1.82) is 0 Å². The predicted molar refractivity (Wildman–Crippen MR) is 80.2 cm³/mol. The van der Waals surface area contributed by atoms with Crippen molar-refractivity contribution in [3.63, 3.8) is 0 Å². The molecule has 0 radical (unpaired) electrons. The number of amides is 1. The van der Waals surface area contributed by atoms with E-state index < -0.39 is 0 Å². The van der Waals surface area contributed by atoms with E-state index in [4.69, 9.17) is 9.47 Å². The van der Waals surface area contributed by atoms with Gasteiger partial charge in [0, 0.05) is 22.9 Å². The third kappa shape index (κ3) is 5.61. The Morgan fingerprint density at radius 2 is 2.40 bits per heavy atom. The fourth-order valence-corrected chi connectivity index (χ4v) is 3.11. The van der Waals surface area contributed by atoms with Crippen LogP contribution in [0.5, 0.6) is 0 Å². The van der Waals surface area contributed by atoms with Gasteiger partial charge in [-0.15, -0.1) is 11.3 Å². The van der Waals surface area contributed by atoms with Crippen molar-refractivity contribution in [2.45, 2.75) is 38.7 Å². The molecule has 0 bridgehead atoms. The van der Waals surface area contributed by atoms with E-state index in [1.54, 1.807) is 11.3 Å². The summed E-state index contributed by atoms with van der Waals surface area (Å²) in [5.74, 6) is -0.0471. The van der Waals surface area contributed by atoms with Crippen LogP contribution >= 0.6 is 11.3 Å². The van der Waals surface area contributed by atoms with Crippen LogP contribution in [0.3, 0.4) is 0 Å². The van der Waals surface area contributed by atoms with Gasteiger partial charge >= 0.3 is 0 Å². The Hall–Kier alpha value is -0.910. The summed E-state index contributed by atoms with van der Waals surface area (Å²) in [6.45, 7) is 4.23. The van der Waals surface area contributed by atoms with Gasteiger partial charge < -0.3 is 14.8 Å². The summed E-state index contributed by atoms with van der Waals surface area (Å²) >= 11 is 1.78. The molecule has 1 fully saturated rings. The maximum Gasteiger partial charge on any atom is 0.246 e. The quantitative estimate of drug-likeness (QED) is 0.840. The maximum atomic E-state index is 11.6. The standard InChI is InChI=1S/C15H23NO3S/c1-12-5-6-14(20-12)7-8-16-15(17)11-18-10-13-4-2-3-9-19-13/h5-6,13H,2-4,7-11H2,1H3,(H,16,17). The van der Waals surface area contributed by atoms with Crippen LogP contribution in [-0.4, -0.2) is 38.4 Å². The lowest BCUT2D eigenvalue weighted by molar-refractivity contribution is -0.127. The van der Waals surface area contributed by atoms with Gasteiger partial charge in [-0.3, -0.25) is 4.79 Å². The average Bonchev–Trinajstić information content (AvgIpc) is 2.86. The Bertz CT molecular complexity index is 413. The van der Waals surface area contributed by atoms with Gasteiger partial charge in [-0.2, -0.15) is 0 Å². The largest absolute Gasteiger partial charge is 0.376 e. The van der Waals surface area contributed by atoms with Crippen LogP contribution in [0, 0.1) is 6.92 Å². The molecule has 20 heavy (non-hydrogen) atoms. The van der Waals surface area contributed by atoms with E-state index in [9.17, 15) is 4.79 Å². The summed E-state index contributed by atoms with van der Waals surface area (Å²) in [7, 11) is 0. The first-order valence-electron chi connectivity index (χ1n) is 7.25. The molecule has 1 aliphatic heterocycles. The minimum Gasteiger partial charge on any atom is -0.376 e. The van der Waals surface area contributed by atoms with Crippen molar-refractivity contribution < 1.29 is 14.3 Å². The minimum absolute atomic E-state index is 0.0471. The first-order chi connectivity index (χ1) is 9.74. The Balaban J connectivity index is 1.51. The molecule has 1 atom stereocenters. The van der Waals surface area contributed by atoms with Crippen LogP contribution in [0.15, 0.2) is 12.1 Å². The van der Waals surface area contributed by atoms with Gasteiger partial charge in [-0.25, -0.2) is 0 Å². The summed E-state index contributed by atoms with van der Waals surface area (Å²) in [5, 5.41) is 2.88. The molecule has 0 aromatic carbocycles. The van der Waals surface area contributed by atoms with Crippen LogP contribution < -0.4 is 5.32 Å². The number of hydrogen-bond acceptors (Lipinski definition) is 4. The van der Waals surface area contributed by atoms with Gasteiger partial charge in [0.25, 0.3) is 0 Å². The second kappa shape index (κ2) is 8.39. The van der Waals surface area contributed by atoms with Gasteiger partial charge in [0.15, 0.2) is 0 Å². The van der Waals surface area contributed by atoms with E-state index in [0.29, 0.717) is 13.2 Å². The fraction of sp³-hybridized carbons (Fsp3) is 0.667. The van der Waals surface area contributed by atoms with E-state index in [-0.39, 0.29) is 18.6 Å². The number of ether oxygens (including phenoxy) is 2. The van der Waals surface area contributed by atoms with Crippen LogP contribution in [0.25, 0.3) is 0 Å². The van der Waals surface area contributed by atoms with Crippen molar-refractivity contribution >= 4 is 17.2 Å². The van der Waals surface area contributed by atoms with E-state index in [0.717, 1.165) is 25.9 Å². The number of aryl methyl sites for hydroxylation is 1. The van der Waals surface area contributed by atoms with Crippen LogP contribution in [-0.2, 0) is 20.7 Å². The number of hydrogen-bond donors (Lipinski definition) is 1. The summed E-state index contributed by atoms with van der Waals surface area (Å²) in [5.41, 5.74) is 0. The molecule has 4 nitrogen and oxygen atoms in total. The lowest BCUT2D eigenvalue weighted by Crippen LogP contribution is -2.31. The van der Waals surface area contributed by atoms with Crippen LogP contribution in [0.1, 0.15) is 29.0 Å². The zero-order valence-electron chi connectivity index (χ0n) is 12.0. The van der Waals surface area contributed by atoms with Crippen molar-refractivity contribution in [3.05, 3.63) is 21.9 Å². The van der Waals surface area contributed by atoms with Crippen molar-refractivity contribution in [2.75, 3.05) is 26.4 Å². The molecular formula is C15H23NO3S. The minimum atomic E-state index is -0.0471. The summed E-state index contributed by atoms with van der Waals surface area (Å²) in [6, 6.07) is 4.22. The van der Waals surface area contributed by atoms with E-state index in [1.165, 1.54) is 16.2 Å². The number of carbonyl (C=O) groups excluding carboxylic acids is 1. The molecule has 0 spiro atoms. The highest BCUT2D eigenvalue weighted by Crippen LogP contribution is 2.15. The Kier molecular flexibility index (Phi) is 6.50. The Labute approximate surface area is 124 Å². The molecule has 0 aliphatic carbocycles. The molecule has 2 heterocycles. The Morgan fingerprint density at radius 3 is 3.10 bits per heavy atom. The van der Waals surface area contributed by atoms with Crippen LogP contribution in [0.4, 0.5) is 0 Å². The third-order valence-corrected chi connectivity index (χ3v) is 4.36. The molecule has 112 valence electrons. The lowest BCUT2D eigenvalue weighted by atomic mass is 10.1. The molecule has 2 rings (SSSR count). The van der Waals surface area contributed by atoms with E-state index >= 15 is 0 Å². The highest BCUT2D eigenvalue weighted by molar-refractivity contribution is 7.11. The van der Waals surface area contributed by atoms with Crippen molar-refractivity contribution in [3.8, 4) is 0 Å². The molecule has 1 aromatic heterocycles. The maximum absolute atomic E-state index is 11.6.